The van der Waals surface area contributed by atoms with Crippen LogP contribution in [0.2, 0.25) is 0 Å². The Morgan fingerprint density at radius 2 is 2.08 bits per heavy atom. The maximum Gasteiger partial charge on any atom is 0.207 e. The Labute approximate surface area is 76.9 Å². The van der Waals surface area contributed by atoms with E-state index in [0.717, 1.165) is 24.1 Å². The van der Waals surface area contributed by atoms with Crippen LogP contribution in [0.5, 0.6) is 0 Å². The second kappa shape index (κ2) is 2.34. The molecule has 2 nitrogen and oxygen atoms in total. The normalized spacial score (nSPS) is 20.5. The molecule has 0 spiro atoms. The Balaban J connectivity index is 2.22. The number of ketones is 1. The Morgan fingerprint density at radius 3 is 3.00 bits per heavy atom. The molecule has 2 heterocycles. The third kappa shape index (κ3) is 0.804. The van der Waals surface area contributed by atoms with E-state index in [4.69, 9.17) is 0 Å². The number of Topliss-reactive ketones (excluding diaryl/α,β-unsaturated/α-hetero) is 1. The summed E-state index contributed by atoms with van der Waals surface area (Å²) in [5.74, 6) is 0.264. The number of carbonyl (C=O) groups is 1. The monoisotopic (exact) mass is 173 g/mol. The number of hydrogen-bond acceptors (Lipinski definition) is 1. The maximum atomic E-state index is 11.8. The van der Waals surface area contributed by atoms with Gasteiger partial charge < -0.3 is 4.57 Å². The average Bonchev–Trinajstić information content (AvgIpc) is 2.72. The van der Waals surface area contributed by atoms with Crippen LogP contribution in [0.25, 0.3) is 5.70 Å². The van der Waals surface area contributed by atoms with Gasteiger partial charge in [0.15, 0.2) is 0 Å². The quantitative estimate of drug-likeness (QED) is 0.590. The highest BCUT2D eigenvalue weighted by Gasteiger charge is 2.29. The van der Waals surface area contributed by atoms with Gasteiger partial charge in [0.25, 0.3) is 0 Å². The standard InChI is InChI=1S/C11H11NO/c13-11-8-4-1-2-5-9(8)12-7-3-6-10(11)12/h3,6-7H,1-2,4-5H2. The predicted octanol–water partition coefficient (Wildman–Crippen LogP) is 2.47. The third-order valence-electron chi connectivity index (χ3n) is 2.98. The molecule has 0 fully saturated rings. The molecule has 0 aromatic carbocycles. The molecule has 0 N–H and O–H groups in total. The lowest BCUT2D eigenvalue weighted by Crippen LogP contribution is -2.01. The van der Waals surface area contributed by atoms with Crippen LogP contribution in [0.3, 0.4) is 0 Å². The van der Waals surface area contributed by atoms with E-state index >= 15 is 0 Å². The number of allylic oxidation sites excluding steroid dienone is 2. The van der Waals surface area contributed by atoms with E-state index in [1.54, 1.807) is 0 Å². The summed E-state index contributed by atoms with van der Waals surface area (Å²) in [5.41, 5.74) is 3.20. The molecule has 3 rings (SSSR count). The van der Waals surface area contributed by atoms with Gasteiger partial charge in [-0.05, 0) is 37.8 Å². The molecule has 0 atom stereocenters. The molecule has 2 heteroatoms. The van der Waals surface area contributed by atoms with Crippen molar-refractivity contribution in [2.24, 2.45) is 0 Å². The summed E-state index contributed by atoms with van der Waals surface area (Å²) < 4.78 is 2.07. The van der Waals surface area contributed by atoms with Crippen molar-refractivity contribution in [3.63, 3.8) is 0 Å². The molecule has 13 heavy (non-hydrogen) atoms. The second-order valence-electron chi connectivity index (χ2n) is 3.72. The molecule has 0 bridgehead atoms. The molecule has 0 amide bonds. The van der Waals surface area contributed by atoms with Crippen LogP contribution in [-0.4, -0.2) is 10.4 Å². The fourth-order valence-electron chi connectivity index (χ4n) is 2.36. The Hall–Kier alpha value is -1.31. The number of hydrogen-bond donors (Lipinski definition) is 0. The molecular formula is C11H11NO. The fourth-order valence-corrected chi connectivity index (χ4v) is 2.36. The topological polar surface area (TPSA) is 22.0 Å². The van der Waals surface area contributed by atoms with Gasteiger partial charge >= 0.3 is 0 Å². The van der Waals surface area contributed by atoms with Gasteiger partial charge in [0, 0.05) is 17.5 Å². The summed E-state index contributed by atoms with van der Waals surface area (Å²) >= 11 is 0. The summed E-state index contributed by atoms with van der Waals surface area (Å²) in [6, 6.07) is 3.87. The van der Waals surface area contributed by atoms with Crippen molar-refractivity contribution >= 4 is 11.5 Å². The highest BCUT2D eigenvalue weighted by molar-refractivity contribution is 6.15. The van der Waals surface area contributed by atoms with Gasteiger partial charge in [0.2, 0.25) is 5.78 Å². The first kappa shape index (κ1) is 7.13. The van der Waals surface area contributed by atoms with E-state index in [1.165, 1.54) is 18.5 Å². The number of rotatable bonds is 0. The summed E-state index contributed by atoms with van der Waals surface area (Å²) in [7, 11) is 0. The van der Waals surface area contributed by atoms with Crippen LogP contribution in [0.4, 0.5) is 0 Å². The lowest BCUT2D eigenvalue weighted by molar-refractivity contribution is 0.103. The lowest BCUT2D eigenvalue weighted by atomic mass is 9.95. The predicted molar refractivity (Wildman–Crippen MR) is 50.4 cm³/mol. The maximum absolute atomic E-state index is 11.8. The summed E-state index contributed by atoms with van der Waals surface area (Å²) in [5, 5.41) is 0. The van der Waals surface area contributed by atoms with Crippen LogP contribution in [0.15, 0.2) is 23.9 Å². The van der Waals surface area contributed by atoms with Crippen molar-refractivity contribution < 1.29 is 4.79 Å². The van der Waals surface area contributed by atoms with Crippen molar-refractivity contribution in [3.8, 4) is 0 Å². The Bertz CT molecular complexity index is 411. The van der Waals surface area contributed by atoms with Crippen molar-refractivity contribution in [2.45, 2.75) is 25.7 Å². The van der Waals surface area contributed by atoms with Crippen molar-refractivity contribution in [2.75, 3.05) is 0 Å². The largest absolute Gasteiger partial charge is 0.317 e. The minimum absolute atomic E-state index is 0.264. The van der Waals surface area contributed by atoms with Gasteiger partial charge in [-0.1, -0.05) is 0 Å². The highest BCUT2D eigenvalue weighted by Crippen LogP contribution is 2.36. The van der Waals surface area contributed by atoms with E-state index < -0.39 is 0 Å². The average molecular weight is 173 g/mol. The molecule has 1 aromatic rings. The zero-order valence-corrected chi connectivity index (χ0v) is 7.42. The van der Waals surface area contributed by atoms with Crippen LogP contribution in [0, 0.1) is 0 Å². The van der Waals surface area contributed by atoms with E-state index in [9.17, 15) is 4.79 Å². The second-order valence-corrected chi connectivity index (χ2v) is 3.72. The molecule has 0 unspecified atom stereocenters. The smallest absolute Gasteiger partial charge is 0.207 e. The van der Waals surface area contributed by atoms with Crippen LogP contribution in [-0.2, 0) is 0 Å². The molecular weight excluding hydrogens is 162 g/mol. The highest BCUT2D eigenvalue weighted by atomic mass is 16.1. The molecule has 1 aromatic heterocycles. The van der Waals surface area contributed by atoms with Gasteiger partial charge in [-0.2, -0.15) is 0 Å². The van der Waals surface area contributed by atoms with Crippen molar-refractivity contribution in [3.05, 3.63) is 29.6 Å². The summed E-state index contributed by atoms with van der Waals surface area (Å²) in [4.78, 5) is 11.8. The van der Waals surface area contributed by atoms with Gasteiger partial charge in [-0.25, -0.2) is 0 Å². The van der Waals surface area contributed by atoms with Crippen molar-refractivity contribution in [1.82, 2.24) is 4.57 Å². The minimum Gasteiger partial charge on any atom is -0.317 e. The van der Waals surface area contributed by atoms with E-state index in [0.29, 0.717) is 0 Å². The first-order valence-corrected chi connectivity index (χ1v) is 4.82. The first-order chi connectivity index (χ1) is 6.38. The minimum atomic E-state index is 0.264. The zero-order chi connectivity index (χ0) is 8.84. The molecule has 66 valence electrons. The Morgan fingerprint density at radius 1 is 1.23 bits per heavy atom. The summed E-state index contributed by atoms with van der Waals surface area (Å²) in [6.07, 6.45) is 6.46. The molecule has 2 aliphatic rings. The summed E-state index contributed by atoms with van der Waals surface area (Å²) in [6.45, 7) is 0. The van der Waals surface area contributed by atoms with E-state index in [2.05, 4.69) is 4.57 Å². The number of aromatic nitrogens is 1. The lowest BCUT2D eigenvalue weighted by Gasteiger charge is -2.13. The molecule has 1 aliphatic carbocycles. The van der Waals surface area contributed by atoms with E-state index in [1.807, 2.05) is 18.3 Å². The number of nitrogens with zero attached hydrogens (tertiary/aromatic N) is 1. The SMILES string of the molecule is O=C1C2=C(CCCC2)n2cccc21. The first-order valence-electron chi connectivity index (χ1n) is 4.82. The Kier molecular flexibility index (Phi) is 1.29. The molecule has 1 aliphatic heterocycles. The number of fused-ring (bicyclic) bond motifs is 2. The fraction of sp³-hybridized carbons (Fsp3) is 0.364. The molecule has 0 saturated heterocycles. The van der Waals surface area contributed by atoms with Crippen molar-refractivity contribution in [1.29, 1.82) is 0 Å². The van der Waals surface area contributed by atoms with Gasteiger partial charge in [0.1, 0.15) is 0 Å². The van der Waals surface area contributed by atoms with Gasteiger partial charge in [0.05, 0.1) is 5.69 Å². The van der Waals surface area contributed by atoms with Crippen LogP contribution >= 0.6 is 0 Å². The van der Waals surface area contributed by atoms with Crippen LogP contribution < -0.4 is 0 Å². The van der Waals surface area contributed by atoms with Gasteiger partial charge in [-0.3, -0.25) is 4.79 Å². The third-order valence-corrected chi connectivity index (χ3v) is 2.98. The van der Waals surface area contributed by atoms with Gasteiger partial charge in [-0.15, -0.1) is 0 Å². The number of carbonyl (C=O) groups excluding carboxylic acids is 1. The van der Waals surface area contributed by atoms with E-state index in [-0.39, 0.29) is 5.78 Å². The molecule has 0 saturated carbocycles. The molecule has 0 radical (unpaired) electrons. The zero-order valence-electron chi connectivity index (χ0n) is 7.42. The van der Waals surface area contributed by atoms with Crippen LogP contribution in [0.1, 0.15) is 36.2 Å².